The molecule has 3 aliphatic rings. The number of carbonyl (C=O) groups is 1. The third kappa shape index (κ3) is 5.25. The highest BCUT2D eigenvalue weighted by Gasteiger charge is 2.29. The molecule has 0 radical (unpaired) electrons. The predicted molar refractivity (Wildman–Crippen MR) is 115 cm³/mol. The molecule has 1 aliphatic heterocycles. The van der Waals surface area contributed by atoms with E-state index < -0.39 is 0 Å². The number of hydrogen-bond donors (Lipinski definition) is 1. The molecule has 1 aromatic carbocycles. The zero-order valence-electron chi connectivity index (χ0n) is 17.8. The second-order valence-corrected chi connectivity index (χ2v) is 8.96. The van der Waals surface area contributed by atoms with Gasteiger partial charge in [-0.1, -0.05) is 32.1 Å². The molecule has 0 spiro atoms. The van der Waals surface area contributed by atoms with Gasteiger partial charge in [-0.15, -0.1) is 0 Å². The van der Waals surface area contributed by atoms with Crippen LogP contribution in [-0.2, 0) is 0 Å². The maximum atomic E-state index is 13.0. The Bertz CT molecular complexity index is 673. The molecule has 29 heavy (non-hydrogen) atoms. The summed E-state index contributed by atoms with van der Waals surface area (Å²) in [5.74, 6) is 1.36. The van der Waals surface area contributed by atoms with Gasteiger partial charge in [0.2, 0.25) is 0 Å². The molecule has 0 bridgehead atoms. The van der Waals surface area contributed by atoms with Gasteiger partial charge in [-0.2, -0.15) is 0 Å². The minimum Gasteiger partial charge on any atom is -0.497 e. The van der Waals surface area contributed by atoms with Gasteiger partial charge in [0.15, 0.2) is 0 Å². The number of piperidine rings is 1. The number of rotatable bonds is 6. The fourth-order valence-electron chi connectivity index (χ4n) is 5.23. The Kier molecular flexibility index (Phi) is 6.96. The van der Waals surface area contributed by atoms with Gasteiger partial charge in [0.05, 0.1) is 12.7 Å². The monoisotopic (exact) mass is 400 g/mol. The lowest BCUT2D eigenvalue weighted by Gasteiger charge is -2.36. The van der Waals surface area contributed by atoms with Gasteiger partial charge in [0.1, 0.15) is 17.6 Å². The highest BCUT2D eigenvalue weighted by Crippen LogP contribution is 2.30. The van der Waals surface area contributed by atoms with Crippen molar-refractivity contribution < 1.29 is 14.3 Å². The molecule has 5 heteroatoms. The molecule has 160 valence electrons. The topological polar surface area (TPSA) is 50.8 Å². The Hall–Kier alpha value is -1.75. The number of nitrogens with zero attached hydrogens (tertiary/aromatic N) is 1. The van der Waals surface area contributed by atoms with Crippen LogP contribution in [0.1, 0.15) is 81.0 Å². The minimum absolute atomic E-state index is 0.0332. The van der Waals surface area contributed by atoms with Crippen LogP contribution in [0.4, 0.5) is 0 Å². The highest BCUT2D eigenvalue weighted by molar-refractivity contribution is 5.97. The summed E-state index contributed by atoms with van der Waals surface area (Å²) in [6.07, 6.45) is 13.6. The van der Waals surface area contributed by atoms with Crippen LogP contribution in [0.5, 0.6) is 11.5 Å². The van der Waals surface area contributed by atoms with Crippen LogP contribution < -0.4 is 14.8 Å². The van der Waals surface area contributed by atoms with Crippen LogP contribution in [0.15, 0.2) is 18.2 Å². The standard InChI is InChI=1S/C24H36N2O3/c1-28-21-11-12-23(22(17-21)24(27)25-18-7-3-2-4-8-18)29-20-13-15-26(16-14-20)19-9-5-6-10-19/h11-12,17-20H,2-10,13-16H2,1H3,(H,25,27). The first-order valence-electron chi connectivity index (χ1n) is 11.6. The SMILES string of the molecule is COc1ccc(OC2CCN(C3CCCC3)CC2)c(C(=O)NC2CCCCC2)c1. The van der Waals surface area contributed by atoms with Gasteiger partial charge >= 0.3 is 0 Å². The number of hydrogen-bond acceptors (Lipinski definition) is 4. The van der Waals surface area contributed by atoms with Crippen LogP contribution in [-0.4, -0.2) is 49.2 Å². The first-order chi connectivity index (χ1) is 14.2. The molecular weight excluding hydrogens is 364 g/mol. The molecule has 1 amide bonds. The Morgan fingerprint density at radius 3 is 2.34 bits per heavy atom. The molecular formula is C24H36N2O3. The third-order valence-electron chi connectivity index (χ3n) is 6.98. The smallest absolute Gasteiger partial charge is 0.255 e. The maximum Gasteiger partial charge on any atom is 0.255 e. The normalized spacial score (nSPS) is 22.5. The number of ether oxygens (including phenoxy) is 2. The quantitative estimate of drug-likeness (QED) is 0.761. The number of likely N-dealkylation sites (tertiary alicyclic amines) is 1. The Morgan fingerprint density at radius 2 is 1.66 bits per heavy atom. The summed E-state index contributed by atoms with van der Waals surface area (Å²) >= 11 is 0. The minimum atomic E-state index is -0.0332. The van der Waals surface area contributed by atoms with Crippen molar-refractivity contribution in [2.24, 2.45) is 0 Å². The summed E-state index contributed by atoms with van der Waals surface area (Å²) in [6, 6.07) is 6.68. The summed E-state index contributed by atoms with van der Waals surface area (Å²) < 4.78 is 11.7. The van der Waals surface area contributed by atoms with Gasteiger partial charge in [-0.3, -0.25) is 4.79 Å². The number of nitrogens with one attached hydrogen (secondary N) is 1. The molecule has 1 heterocycles. The van der Waals surface area contributed by atoms with Crippen LogP contribution in [0.3, 0.4) is 0 Å². The van der Waals surface area contributed by atoms with Crippen molar-refractivity contribution >= 4 is 5.91 Å². The molecule has 3 fully saturated rings. The van der Waals surface area contributed by atoms with Crippen LogP contribution in [0, 0.1) is 0 Å². The largest absolute Gasteiger partial charge is 0.497 e. The second kappa shape index (κ2) is 9.84. The van der Waals surface area contributed by atoms with E-state index in [1.807, 2.05) is 18.2 Å². The van der Waals surface area contributed by atoms with Crippen molar-refractivity contribution in [2.45, 2.75) is 88.8 Å². The number of methoxy groups -OCH3 is 1. The maximum absolute atomic E-state index is 13.0. The van der Waals surface area contributed by atoms with Crippen molar-refractivity contribution in [2.75, 3.05) is 20.2 Å². The van der Waals surface area contributed by atoms with Gasteiger partial charge in [0, 0.05) is 25.2 Å². The molecule has 2 aliphatic carbocycles. The van der Waals surface area contributed by atoms with Crippen LogP contribution >= 0.6 is 0 Å². The van der Waals surface area contributed by atoms with E-state index in [2.05, 4.69) is 10.2 Å². The molecule has 4 rings (SSSR count). The highest BCUT2D eigenvalue weighted by atomic mass is 16.5. The average molecular weight is 401 g/mol. The van der Waals surface area contributed by atoms with Crippen molar-refractivity contribution in [3.63, 3.8) is 0 Å². The molecule has 1 aromatic rings. The zero-order chi connectivity index (χ0) is 20.1. The average Bonchev–Trinajstić information content (AvgIpc) is 3.30. The molecule has 0 atom stereocenters. The van der Waals surface area contributed by atoms with E-state index in [-0.39, 0.29) is 18.1 Å². The van der Waals surface area contributed by atoms with Crippen LogP contribution in [0.25, 0.3) is 0 Å². The van der Waals surface area contributed by atoms with E-state index in [4.69, 9.17) is 9.47 Å². The molecule has 0 aromatic heterocycles. The molecule has 1 saturated heterocycles. The Morgan fingerprint density at radius 1 is 0.966 bits per heavy atom. The lowest BCUT2D eigenvalue weighted by atomic mass is 9.95. The molecule has 5 nitrogen and oxygen atoms in total. The zero-order valence-corrected chi connectivity index (χ0v) is 17.8. The van der Waals surface area contributed by atoms with E-state index in [1.165, 1.54) is 44.9 Å². The van der Waals surface area contributed by atoms with Gasteiger partial charge in [-0.25, -0.2) is 0 Å². The van der Waals surface area contributed by atoms with E-state index in [9.17, 15) is 4.79 Å². The Labute approximate surface area is 175 Å². The summed E-state index contributed by atoms with van der Waals surface area (Å²) in [4.78, 5) is 15.7. The van der Waals surface area contributed by atoms with Crippen molar-refractivity contribution in [3.8, 4) is 11.5 Å². The van der Waals surface area contributed by atoms with Crippen molar-refractivity contribution in [3.05, 3.63) is 23.8 Å². The van der Waals surface area contributed by atoms with E-state index in [0.717, 1.165) is 44.8 Å². The van der Waals surface area contributed by atoms with Crippen molar-refractivity contribution in [1.29, 1.82) is 0 Å². The second-order valence-electron chi connectivity index (χ2n) is 8.96. The Balaban J connectivity index is 1.39. The van der Waals surface area contributed by atoms with Gasteiger partial charge in [-0.05, 0) is 56.7 Å². The number of benzene rings is 1. The lowest BCUT2D eigenvalue weighted by molar-refractivity contribution is 0.0747. The van der Waals surface area contributed by atoms with E-state index in [0.29, 0.717) is 17.1 Å². The molecule has 1 N–H and O–H groups in total. The summed E-state index contributed by atoms with van der Waals surface area (Å²) in [6.45, 7) is 2.21. The summed E-state index contributed by atoms with van der Waals surface area (Å²) in [7, 11) is 1.64. The van der Waals surface area contributed by atoms with Crippen molar-refractivity contribution in [1.82, 2.24) is 10.2 Å². The first kappa shape index (κ1) is 20.5. The third-order valence-corrected chi connectivity index (χ3v) is 6.98. The lowest BCUT2D eigenvalue weighted by Crippen LogP contribution is -2.43. The first-order valence-corrected chi connectivity index (χ1v) is 11.6. The molecule has 0 unspecified atom stereocenters. The predicted octanol–water partition coefficient (Wildman–Crippen LogP) is 4.54. The summed E-state index contributed by atoms with van der Waals surface area (Å²) in [5.41, 5.74) is 0.605. The van der Waals surface area contributed by atoms with E-state index >= 15 is 0 Å². The summed E-state index contributed by atoms with van der Waals surface area (Å²) in [5, 5.41) is 3.23. The van der Waals surface area contributed by atoms with E-state index in [1.54, 1.807) is 7.11 Å². The fourth-order valence-corrected chi connectivity index (χ4v) is 5.23. The van der Waals surface area contributed by atoms with Gasteiger partial charge in [0.25, 0.3) is 5.91 Å². The molecule has 2 saturated carbocycles. The van der Waals surface area contributed by atoms with Crippen LogP contribution in [0.2, 0.25) is 0 Å². The number of amides is 1. The number of carbonyl (C=O) groups excluding carboxylic acids is 1. The van der Waals surface area contributed by atoms with Gasteiger partial charge < -0.3 is 19.7 Å². The fraction of sp³-hybridized carbons (Fsp3) is 0.708.